The summed E-state index contributed by atoms with van der Waals surface area (Å²) in [6.45, 7) is 8.03. The summed E-state index contributed by atoms with van der Waals surface area (Å²) in [6, 6.07) is 8.29. The molecule has 26 heavy (non-hydrogen) atoms. The minimum absolute atomic E-state index is 0.0961. The predicted octanol–water partition coefficient (Wildman–Crippen LogP) is 2.54. The van der Waals surface area contributed by atoms with Gasteiger partial charge in [0.25, 0.3) is 0 Å². The summed E-state index contributed by atoms with van der Waals surface area (Å²) in [5.74, 6) is 0.428. The van der Waals surface area contributed by atoms with Crippen molar-refractivity contribution < 1.29 is 4.79 Å². The van der Waals surface area contributed by atoms with Crippen LogP contribution < -0.4 is 0 Å². The van der Waals surface area contributed by atoms with E-state index in [0.717, 1.165) is 5.56 Å². The Labute approximate surface area is 156 Å². The fourth-order valence-electron chi connectivity index (χ4n) is 2.65. The standard InChI is InChI=1S/C18H22N6OS/c1-4-23(5-2)15(25)11-26-18-16-17(19-12-20-18)24(22-21-16)10-14-8-6-13(3)7-9-14/h6-9,12H,4-5,10-11H2,1-3H3. The summed E-state index contributed by atoms with van der Waals surface area (Å²) in [5.41, 5.74) is 3.67. The summed E-state index contributed by atoms with van der Waals surface area (Å²) < 4.78 is 1.76. The van der Waals surface area contributed by atoms with Gasteiger partial charge in [-0.05, 0) is 26.3 Å². The lowest BCUT2D eigenvalue weighted by Gasteiger charge is -2.17. The van der Waals surface area contributed by atoms with Crippen molar-refractivity contribution in [2.24, 2.45) is 0 Å². The van der Waals surface area contributed by atoms with E-state index in [1.54, 1.807) is 9.58 Å². The molecule has 2 heterocycles. The molecule has 0 aliphatic heterocycles. The molecule has 8 heteroatoms. The number of benzene rings is 1. The van der Waals surface area contributed by atoms with E-state index < -0.39 is 0 Å². The monoisotopic (exact) mass is 370 g/mol. The van der Waals surface area contributed by atoms with Gasteiger partial charge in [0.05, 0.1) is 12.3 Å². The van der Waals surface area contributed by atoms with E-state index in [4.69, 9.17) is 0 Å². The van der Waals surface area contributed by atoms with Crippen molar-refractivity contribution in [1.29, 1.82) is 0 Å². The van der Waals surface area contributed by atoms with Crippen molar-refractivity contribution in [2.45, 2.75) is 32.3 Å². The van der Waals surface area contributed by atoms with Gasteiger partial charge in [-0.15, -0.1) is 5.10 Å². The maximum atomic E-state index is 12.2. The van der Waals surface area contributed by atoms with Gasteiger partial charge < -0.3 is 4.90 Å². The van der Waals surface area contributed by atoms with E-state index in [1.165, 1.54) is 23.7 Å². The van der Waals surface area contributed by atoms with Gasteiger partial charge in [-0.2, -0.15) is 0 Å². The predicted molar refractivity (Wildman–Crippen MR) is 102 cm³/mol. The van der Waals surface area contributed by atoms with E-state index in [9.17, 15) is 4.79 Å². The van der Waals surface area contributed by atoms with Gasteiger partial charge in [-0.1, -0.05) is 46.8 Å². The molecule has 0 N–H and O–H groups in total. The molecule has 0 unspecified atom stereocenters. The molecule has 2 aromatic heterocycles. The van der Waals surface area contributed by atoms with E-state index >= 15 is 0 Å². The van der Waals surface area contributed by atoms with Crippen LogP contribution in [0.25, 0.3) is 11.2 Å². The summed E-state index contributed by atoms with van der Waals surface area (Å²) in [6.07, 6.45) is 1.50. The van der Waals surface area contributed by atoms with Gasteiger partial charge >= 0.3 is 0 Å². The quantitative estimate of drug-likeness (QED) is 0.470. The Morgan fingerprint density at radius 1 is 1.15 bits per heavy atom. The highest BCUT2D eigenvalue weighted by molar-refractivity contribution is 8.00. The van der Waals surface area contributed by atoms with E-state index in [0.29, 0.717) is 41.6 Å². The first-order valence-electron chi connectivity index (χ1n) is 8.62. The number of fused-ring (bicyclic) bond motifs is 1. The van der Waals surface area contributed by atoms with Gasteiger partial charge in [-0.25, -0.2) is 14.6 Å². The highest BCUT2D eigenvalue weighted by Crippen LogP contribution is 2.23. The van der Waals surface area contributed by atoms with Crippen LogP contribution in [0.5, 0.6) is 0 Å². The number of hydrogen-bond donors (Lipinski definition) is 0. The first kappa shape index (κ1) is 18.3. The van der Waals surface area contributed by atoms with Gasteiger partial charge in [0.15, 0.2) is 11.2 Å². The SMILES string of the molecule is CCN(CC)C(=O)CSc1ncnc2c1nnn2Cc1ccc(C)cc1. The summed E-state index contributed by atoms with van der Waals surface area (Å²) >= 11 is 1.38. The maximum Gasteiger partial charge on any atom is 0.232 e. The van der Waals surface area contributed by atoms with Crippen molar-refractivity contribution in [2.75, 3.05) is 18.8 Å². The van der Waals surface area contributed by atoms with E-state index in [1.807, 2.05) is 13.8 Å². The summed E-state index contributed by atoms with van der Waals surface area (Å²) in [7, 11) is 0. The zero-order valence-corrected chi connectivity index (χ0v) is 16.0. The zero-order valence-electron chi connectivity index (χ0n) is 15.2. The Balaban J connectivity index is 1.78. The molecule has 7 nitrogen and oxygen atoms in total. The van der Waals surface area contributed by atoms with Crippen LogP contribution in [-0.4, -0.2) is 54.6 Å². The van der Waals surface area contributed by atoms with Crippen molar-refractivity contribution in [3.8, 4) is 0 Å². The second kappa shape index (κ2) is 8.27. The smallest absolute Gasteiger partial charge is 0.232 e. The molecule has 0 fully saturated rings. The van der Waals surface area contributed by atoms with Crippen LogP contribution in [0.4, 0.5) is 0 Å². The molecule has 3 aromatic rings. The Bertz CT molecular complexity index is 888. The molecular weight excluding hydrogens is 348 g/mol. The molecule has 0 aliphatic rings. The van der Waals surface area contributed by atoms with Gasteiger partial charge in [0.1, 0.15) is 11.4 Å². The van der Waals surface area contributed by atoms with Crippen molar-refractivity contribution in [1.82, 2.24) is 29.9 Å². The second-order valence-corrected chi connectivity index (χ2v) is 6.90. The number of carbonyl (C=O) groups is 1. The Kier molecular flexibility index (Phi) is 5.82. The molecule has 0 spiro atoms. The third-order valence-corrected chi connectivity index (χ3v) is 5.13. The second-order valence-electron chi connectivity index (χ2n) is 5.94. The van der Waals surface area contributed by atoms with E-state index in [2.05, 4.69) is 51.5 Å². The van der Waals surface area contributed by atoms with Crippen LogP contribution in [0.1, 0.15) is 25.0 Å². The Morgan fingerprint density at radius 2 is 1.88 bits per heavy atom. The molecule has 1 aromatic carbocycles. The molecule has 1 amide bonds. The first-order valence-corrected chi connectivity index (χ1v) is 9.61. The molecule has 3 rings (SSSR count). The molecule has 0 saturated heterocycles. The number of aryl methyl sites for hydroxylation is 1. The lowest BCUT2D eigenvalue weighted by Crippen LogP contribution is -2.31. The number of nitrogens with zero attached hydrogens (tertiary/aromatic N) is 6. The number of carbonyl (C=O) groups excluding carboxylic acids is 1. The number of thioether (sulfide) groups is 1. The normalized spacial score (nSPS) is 11.0. The van der Waals surface area contributed by atoms with Gasteiger partial charge in [0, 0.05) is 13.1 Å². The average molecular weight is 370 g/mol. The molecule has 0 bridgehead atoms. The highest BCUT2D eigenvalue weighted by atomic mass is 32.2. The molecule has 136 valence electrons. The zero-order chi connectivity index (χ0) is 18.5. The topological polar surface area (TPSA) is 76.8 Å². The molecule has 0 aliphatic carbocycles. The molecular formula is C18H22N6OS. The molecule has 0 atom stereocenters. The van der Waals surface area contributed by atoms with E-state index in [-0.39, 0.29) is 5.91 Å². The number of aromatic nitrogens is 5. The van der Waals surface area contributed by atoms with Crippen LogP contribution in [0, 0.1) is 6.92 Å². The lowest BCUT2D eigenvalue weighted by molar-refractivity contribution is -0.127. The number of amides is 1. The van der Waals surface area contributed by atoms with Crippen molar-refractivity contribution >= 4 is 28.8 Å². The van der Waals surface area contributed by atoms with Crippen LogP contribution >= 0.6 is 11.8 Å². The third-order valence-electron chi connectivity index (χ3n) is 4.17. The Morgan fingerprint density at radius 3 is 2.58 bits per heavy atom. The van der Waals surface area contributed by atoms with Gasteiger partial charge in [-0.3, -0.25) is 4.79 Å². The van der Waals surface area contributed by atoms with Crippen LogP contribution in [0.2, 0.25) is 0 Å². The lowest BCUT2D eigenvalue weighted by atomic mass is 10.1. The first-order chi connectivity index (χ1) is 12.6. The third kappa shape index (κ3) is 4.01. The fraction of sp³-hybridized carbons (Fsp3) is 0.389. The van der Waals surface area contributed by atoms with Gasteiger partial charge in [0.2, 0.25) is 5.91 Å². The van der Waals surface area contributed by atoms with Crippen LogP contribution in [0.3, 0.4) is 0 Å². The minimum Gasteiger partial charge on any atom is -0.343 e. The highest BCUT2D eigenvalue weighted by Gasteiger charge is 2.15. The van der Waals surface area contributed by atoms with Crippen LogP contribution in [0.15, 0.2) is 35.6 Å². The minimum atomic E-state index is 0.0961. The fourth-order valence-corrected chi connectivity index (χ4v) is 3.48. The maximum absolute atomic E-state index is 12.2. The summed E-state index contributed by atoms with van der Waals surface area (Å²) in [5, 5.41) is 9.15. The molecule has 0 radical (unpaired) electrons. The van der Waals surface area contributed by atoms with Crippen LogP contribution in [-0.2, 0) is 11.3 Å². The average Bonchev–Trinajstić information content (AvgIpc) is 3.06. The summed E-state index contributed by atoms with van der Waals surface area (Å²) in [4.78, 5) is 22.6. The number of rotatable bonds is 7. The molecule has 0 saturated carbocycles. The number of hydrogen-bond acceptors (Lipinski definition) is 6. The Hall–Kier alpha value is -2.48. The largest absolute Gasteiger partial charge is 0.343 e. The van der Waals surface area contributed by atoms with Crippen molar-refractivity contribution in [3.63, 3.8) is 0 Å². The van der Waals surface area contributed by atoms with Crippen molar-refractivity contribution in [3.05, 3.63) is 41.7 Å².